The third-order valence-electron chi connectivity index (χ3n) is 2.28. The second kappa shape index (κ2) is 3.40. The van der Waals surface area contributed by atoms with Gasteiger partial charge in [-0.3, -0.25) is 5.10 Å². The van der Waals surface area contributed by atoms with Crippen LogP contribution in [0.4, 0.5) is 0 Å². The molecule has 1 aromatic heterocycles. The van der Waals surface area contributed by atoms with E-state index in [4.69, 9.17) is 5.73 Å². The number of aliphatic hydroxyl groups is 1. The van der Waals surface area contributed by atoms with Gasteiger partial charge in [-0.05, 0) is 13.0 Å². The van der Waals surface area contributed by atoms with Crippen molar-refractivity contribution in [2.24, 2.45) is 5.73 Å². The summed E-state index contributed by atoms with van der Waals surface area (Å²) in [7, 11) is 0. The molecule has 0 aliphatic heterocycles. The Hall–Kier alpha value is -1.39. The zero-order valence-electron chi connectivity index (χ0n) is 7.94. The van der Waals surface area contributed by atoms with Crippen LogP contribution >= 0.6 is 0 Å². The van der Waals surface area contributed by atoms with Gasteiger partial charge in [-0.1, -0.05) is 18.2 Å². The van der Waals surface area contributed by atoms with E-state index in [-0.39, 0.29) is 6.04 Å². The summed E-state index contributed by atoms with van der Waals surface area (Å²) in [5.74, 6) is 0. The van der Waals surface area contributed by atoms with Gasteiger partial charge in [0.15, 0.2) is 0 Å². The first-order chi connectivity index (χ1) is 6.70. The quantitative estimate of drug-likeness (QED) is 0.661. The van der Waals surface area contributed by atoms with Gasteiger partial charge in [-0.25, -0.2) is 0 Å². The number of aromatic nitrogens is 2. The molecule has 0 amide bonds. The summed E-state index contributed by atoms with van der Waals surface area (Å²) >= 11 is 0. The second-order valence-electron chi connectivity index (χ2n) is 3.46. The number of rotatable bonds is 2. The maximum atomic E-state index is 9.79. The van der Waals surface area contributed by atoms with Gasteiger partial charge < -0.3 is 10.8 Å². The van der Waals surface area contributed by atoms with Crippen molar-refractivity contribution in [1.29, 1.82) is 0 Å². The number of hydrogen-bond donors (Lipinski definition) is 3. The lowest BCUT2D eigenvalue weighted by Gasteiger charge is -2.12. The number of nitrogens with zero attached hydrogens (tertiary/aromatic N) is 1. The molecule has 2 atom stereocenters. The lowest BCUT2D eigenvalue weighted by Crippen LogP contribution is -2.24. The standard InChI is InChI=1S/C10H13N3O/c1-6(11)10(14)9-7-4-2-3-5-8(7)12-13-9/h2-6,10,14H,11H2,1H3,(H,12,13). The van der Waals surface area contributed by atoms with Crippen LogP contribution in [0.3, 0.4) is 0 Å². The van der Waals surface area contributed by atoms with Crippen LogP contribution in [0.5, 0.6) is 0 Å². The summed E-state index contributed by atoms with van der Waals surface area (Å²) in [6.07, 6.45) is -0.692. The van der Waals surface area contributed by atoms with Crippen molar-refractivity contribution in [3.63, 3.8) is 0 Å². The zero-order chi connectivity index (χ0) is 10.1. The average Bonchev–Trinajstić information content (AvgIpc) is 2.60. The van der Waals surface area contributed by atoms with Crippen molar-refractivity contribution < 1.29 is 5.11 Å². The van der Waals surface area contributed by atoms with Crippen molar-refractivity contribution in [3.05, 3.63) is 30.0 Å². The lowest BCUT2D eigenvalue weighted by atomic mass is 10.1. The SMILES string of the molecule is CC(N)C(O)c1[nH]nc2ccccc12. The van der Waals surface area contributed by atoms with Crippen molar-refractivity contribution in [2.45, 2.75) is 19.1 Å². The van der Waals surface area contributed by atoms with E-state index in [0.29, 0.717) is 5.69 Å². The number of benzene rings is 1. The summed E-state index contributed by atoms with van der Waals surface area (Å²) in [4.78, 5) is 0. The Bertz CT molecular complexity index is 436. The van der Waals surface area contributed by atoms with Crippen molar-refractivity contribution in [1.82, 2.24) is 10.2 Å². The maximum Gasteiger partial charge on any atom is 0.111 e. The smallest absolute Gasteiger partial charge is 0.111 e. The molecule has 1 aromatic carbocycles. The van der Waals surface area contributed by atoms with Gasteiger partial charge in [0.25, 0.3) is 0 Å². The van der Waals surface area contributed by atoms with E-state index >= 15 is 0 Å². The summed E-state index contributed by atoms with van der Waals surface area (Å²) in [6.45, 7) is 1.76. The van der Waals surface area contributed by atoms with Crippen LogP contribution in [0.15, 0.2) is 24.3 Å². The van der Waals surface area contributed by atoms with Crippen molar-refractivity contribution in [2.75, 3.05) is 0 Å². The Morgan fingerprint density at radius 3 is 2.86 bits per heavy atom. The Morgan fingerprint density at radius 1 is 1.43 bits per heavy atom. The number of nitrogens with one attached hydrogen (secondary N) is 1. The molecule has 0 saturated carbocycles. The molecule has 0 aliphatic rings. The molecule has 2 aromatic rings. The van der Waals surface area contributed by atoms with Crippen LogP contribution in [0.25, 0.3) is 10.9 Å². The third-order valence-corrected chi connectivity index (χ3v) is 2.28. The summed E-state index contributed by atoms with van der Waals surface area (Å²) in [5.41, 5.74) is 7.16. The first kappa shape index (κ1) is 9.18. The predicted molar refractivity (Wildman–Crippen MR) is 54.7 cm³/mol. The number of aromatic amines is 1. The number of fused-ring (bicyclic) bond motifs is 1. The maximum absolute atomic E-state index is 9.79. The molecule has 0 saturated heterocycles. The molecule has 0 radical (unpaired) electrons. The van der Waals surface area contributed by atoms with Crippen LogP contribution in [0.1, 0.15) is 18.7 Å². The highest BCUT2D eigenvalue weighted by Crippen LogP contribution is 2.22. The van der Waals surface area contributed by atoms with Gasteiger partial charge in [-0.15, -0.1) is 0 Å². The number of nitrogens with two attached hydrogens (primary N) is 1. The molecule has 0 fully saturated rings. The van der Waals surface area contributed by atoms with E-state index < -0.39 is 6.10 Å². The molecule has 4 heteroatoms. The Morgan fingerprint density at radius 2 is 2.14 bits per heavy atom. The average molecular weight is 191 g/mol. The molecule has 4 nitrogen and oxygen atoms in total. The fourth-order valence-electron chi connectivity index (χ4n) is 1.47. The van der Waals surface area contributed by atoms with Crippen LogP contribution < -0.4 is 5.73 Å². The van der Waals surface area contributed by atoms with E-state index in [0.717, 1.165) is 10.9 Å². The molecule has 14 heavy (non-hydrogen) atoms. The van der Waals surface area contributed by atoms with Gasteiger partial charge >= 0.3 is 0 Å². The van der Waals surface area contributed by atoms with Crippen LogP contribution in [0, 0.1) is 0 Å². The summed E-state index contributed by atoms with van der Waals surface area (Å²) in [6, 6.07) is 7.32. The highest BCUT2D eigenvalue weighted by atomic mass is 16.3. The highest BCUT2D eigenvalue weighted by molar-refractivity contribution is 5.81. The van der Waals surface area contributed by atoms with E-state index in [2.05, 4.69) is 10.2 Å². The van der Waals surface area contributed by atoms with Crippen LogP contribution in [0.2, 0.25) is 0 Å². The molecule has 74 valence electrons. The van der Waals surface area contributed by atoms with Gasteiger partial charge in [0.2, 0.25) is 0 Å². The van der Waals surface area contributed by atoms with Crippen molar-refractivity contribution >= 4 is 10.9 Å². The minimum absolute atomic E-state index is 0.307. The lowest BCUT2D eigenvalue weighted by molar-refractivity contribution is 0.150. The fourth-order valence-corrected chi connectivity index (χ4v) is 1.47. The number of hydrogen-bond acceptors (Lipinski definition) is 3. The molecular weight excluding hydrogens is 178 g/mol. The topological polar surface area (TPSA) is 74.9 Å². The van der Waals surface area contributed by atoms with Crippen LogP contribution in [-0.4, -0.2) is 21.3 Å². The zero-order valence-corrected chi connectivity index (χ0v) is 7.94. The fraction of sp³-hybridized carbons (Fsp3) is 0.300. The van der Waals surface area contributed by atoms with Gasteiger partial charge in [-0.2, -0.15) is 5.10 Å². The molecule has 4 N–H and O–H groups in total. The van der Waals surface area contributed by atoms with E-state index in [9.17, 15) is 5.11 Å². The van der Waals surface area contributed by atoms with Gasteiger partial charge in [0.05, 0.1) is 11.2 Å². The number of aliphatic hydroxyl groups excluding tert-OH is 1. The van der Waals surface area contributed by atoms with Gasteiger partial charge in [0, 0.05) is 11.4 Å². The molecule has 2 unspecified atom stereocenters. The first-order valence-corrected chi connectivity index (χ1v) is 4.57. The minimum Gasteiger partial charge on any atom is -0.385 e. The first-order valence-electron chi connectivity index (χ1n) is 4.57. The second-order valence-corrected chi connectivity index (χ2v) is 3.46. The van der Waals surface area contributed by atoms with Gasteiger partial charge in [0.1, 0.15) is 6.10 Å². The van der Waals surface area contributed by atoms with Crippen LogP contribution in [-0.2, 0) is 0 Å². The molecule has 0 aliphatic carbocycles. The minimum atomic E-state index is -0.692. The summed E-state index contributed by atoms with van der Waals surface area (Å²) < 4.78 is 0. The molecule has 0 bridgehead atoms. The molecule has 1 heterocycles. The largest absolute Gasteiger partial charge is 0.385 e. The highest BCUT2D eigenvalue weighted by Gasteiger charge is 2.17. The molecule has 2 rings (SSSR count). The summed E-state index contributed by atoms with van der Waals surface area (Å²) in [5, 5.41) is 17.6. The molecular formula is C10H13N3O. The number of para-hydroxylation sites is 1. The Balaban J connectivity index is 2.53. The van der Waals surface area contributed by atoms with E-state index in [1.165, 1.54) is 0 Å². The number of H-pyrrole nitrogens is 1. The third kappa shape index (κ3) is 1.38. The van der Waals surface area contributed by atoms with E-state index in [1.807, 2.05) is 24.3 Å². The predicted octanol–water partition coefficient (Wildman–Crippen LogP) is 0.943. The van der Waals surface area contributed by atoms with Crippen molar-refractivity contribution in [3.8, 4) is 0 Å². The Labute approximate surface area is 81.7 Å². The Kier molecular flexibility index (Phi) is 2.23. The molecule has 0 spiro atoms. The normalized spacial score (nSPS) is 15.6. The monoisotopic (exact) mass is 191 g/mol. The van der Waals surface area contributed by atoms with E-state index in [1.54, 1.807) is 6.92 Å².